The average Bonchev–Trinajstić information content (AvgIpc) is 3.30. The number of hydrogen-bond acceptors (Lipinski definition) is 7. The van der Waals surface area contributed by atoms with E-state index in [1.165, 1.54) is 0 Å². The van der Waals surface area contributed by atoms with Gasteiger partial charge in [0.1, 0.15) is 12.2 Å². The summed E-state index contributed by atoms with van der Waals surface area (Å²) in [4.78, 5) is 20.0. The molecule has 0 bridgehead atoms. The van der Waals surface area contributed by atoms with Crippen LogP contribution >= 0.6 is 0 Å². The highest BCUT2D eigenvalue weighted by molar-refractivity contribution is 7.91. The van der Waals surface area contributed by atoms with Gasteiger partial charge in [0.2, 0.25) is 11.8 Å². The van der Waals surface area contributed by atoms with Gasteiger partial charge in [-0.3, -0.25) is 4.79 Å². The third-order valence-electron chi connectivity index (χ3n) is 7.16. The molecule has 1 saturated heterocycles. The van der Waals surface area contributed by atoms with E-state index in [9.17, 15) is 17.6 Å². The number of anilines is 1. The maximum atomic E-state index is 14.5. The largest absolute Gasteiger partial charge is 0.440 e. The molecule has 200 valence electrons. The first-order valence-electron chi connectivity index (χ1n) is 12.8. The topological polar surface area (TPSA) is 116 Å². The fourth-order valence-corrected chi connectivity index (χ4v) is 6.20. The van der Waals surface area contributed by atoms with Crippen molar-refractivity contribution in [3.8, 4) is 17.4 Å². The Balaban J connectivity index is 1.68. The van der Waals surface area contributed by atoms with Gasteiger partial charge >= 0.3 is 0 Å². The summed E-state index contributed by atoms with van der Waals surface area (Å²) in [5.41, 5.74) is 1.98. The van der Waals surface area contributed by atoms with Crippen molar-refractivity contribution in [3.05, 3.63) is 35.9 Å². The zero-order valence-corrected chi connectivity index (χ0v) is 22.6. The average molecular weight is 531 g/mol. The van der Waals surface area contributed by atoms with E-state index in [1.807, 2.05) is 56.0 Å². The first-order chi connectivity index (χ1) is 17.4. The minimum absolute atomic E-state index is 0.0720. The van der Waals surface area contributed by atoms with E-state index >= 15 is 0 Å². The van der Waals surface area contributed by atoms with Gasteiger partial charge in [-0.25, -0.2) is 17.8 Å². The predicted octanol–water partition coefficient (Wildman–Crippen LogP) is 4.12. The van der Waals surface area contributed by atoms with E-state index in [0.29, 0.717) is 43.3 Å². The molecular weight excluding hydrogens is 495 g/mol. The Bertz CT molecular complexity index is 1260. The van der Waals surface area contributed by atoms with Gasteiger partial charge in [-0.1, -0.05) is 20.8 Å². The van der Waals surface area contributed by atoms with E-state index in [0.717, 1.165) is 11.3 Å². The highest BCUT2D eigenvalue weighted by Crippen LogP contribution is 2.44. The Labute approximate surface area is 218 Å². The number of amides is 1. The lowest BCUT2D eigenvalue weighted by Gasteiger charge is -2.32. The molecule has 0 radical (unpaired) electrons. The molecule has 1 aliphatic heterocycles. The van der Waals surface area contributed by atoms with Crippen LogP contribution < -0.4 is 10.2 Å². The van der Waals surface area contributed by atoms with E-state index in [-0.39, 0.29) is 35.2 Å². The van der Waals surface area contributed by atoms with Crippen molar-refractivity contribution >= 4 is 21.4 Å². The number of rotatable bonds is 5. The molecule has 8 nitrogen and oxygen atoms in total. The lowest BCUT2D eigenvalue weighted by molar-refractivity contribution is -0.127. The highest BCUT2D eigenvalue weighted by Gasteiger charge is 2.40. The van der Waals surface area contributed by atoms with Crippen molar-refractivity contribution in [2.45, 2.75) is 70.5 Å². The molecule has 1 N–H and O–H groups in total. The normalized spacial score (nSPS) is 24.8. The second-order valence-corrected chi connectivity index (χ2v) is 13.5. The summed E-state index contributed by atoms with van der Waals surface area (Å²) in [6.07, 6.45) is -0.239. The van der Waals surface area contributed by atoms with Crippen LogP contribution in [0.1, 0.15) is 64.5 Å². The summed E-state index contributed by atoms with van der Waals surface area (Å²) in [7, 11) is -2.97. The van der Waals surface area contributed by atoms with E-state index < -0.39 is 28.0 Å². The molecule has 10 heteroatoms. The molecule has 2 heterocycles. The van der Waals surface area contributed by atoms with Crippen LogP contribution in [0.15, 0.2) is 28.7 Å². The number of sulfone groups is 1. The van der Waals surface area contributed by atoms with Crippen LogP contribution in [0.5, 0.6) is 0 Å². The molecule has 1 aromatic heterocycles. The van der Waals surface area contributed by atoms with Crippen molar-refractivity contribution in [2.24, 2.45) is 5.92 Å². The lowest BCUT2D eigenvalue weighted by Crippen LogP contribution is -2.41. The van der Waals surface area contributed by atoms with Crippen molar-refractivity contribution < 1.29 is 22.0 Å². The Morgan fingerprint density at radius 2 is 1.86 bits per heavy atom. The third kappa shape index (κ3) is 6.15. The fourth-order valence-electron chi connectivity index (χ4n) is 4.99. The Morgan fingerprint density at radius 1 is 1.22 bits per heavy atom. The van der Waals surface area contributed by atoms with Crippen molar-refractivity contribution in [1.29, 1.82) is 5.26 Å². The molecule has 37 heavy (non-hydrogen) atoms. The molecular formula is C27H35FN4O4S. The number of halogens is 1. The molecule has 0 spiro atoms. The summed E-state index contributed by atoms with van der Waals surface area (Å²) in [6.45, 7) is 8.49. The monoisotopic (exact) mass is 530 g/mol. The summed E-state index contributed by atoms with van der Waals surface area (Å²) < 4.78 is 44.4. The lowest BCUT2D eigenvalue weighted by atomic mass is 9.75. The van der Waals surface area contributed by atoms with Crippen LogP contribution in [-0.4, -0.2) is 56.1 Å². The molecule has 1 saturated carbocycles. The van der Waals surface area contributed by atoms with Crippen LogP contribution in [0.25, 0.3) is 11.3 Å². The molecule has 1 aliphatic carbocycles. The summed E-state index contributed by atoms with van der Waals surface area (Å²) in [5, 5.41) is 11.8. The van der Waals surface area contributed by atoms with Gasteiger partial charge in [0, 0.05) is 41.6 Å². The standard InChI is InChI=1S/C27H35FN4O4S/c1-17(16-29)30-25(33)22-15-19(28)7-10-21(22)23-24(36-26(31-23)27(2,3)4)18-5-8-20(9-6-18)32-11-13-37(34,35)14-12-32/h5-6,8-9,17,19,21-22H,7,10-15H2,1-4H3,(H,30,33)/t17-,19-,21+,22+/m0/s1. The minimum atomic E-state index is -2.97. The van der Waals surface area contributed by atoms with Crippen LogP contribution in [0, 0.1) is 17.2 Å². The maximum Gasteiger partial charge on any atom is 0.224 e. The van der Waals surface area contributed by atoms with Crippen molar-refractivity contribution in [2.75, 3.05) is 29.5 Å². The number of nitriles is 1. The number of hydrogen-bond donors (Lipinski definition) is 1. The van der Waals surface area contributed by atoms with E-state index in [1.54, 1.807) is 6.92 Å². The second kappa shape index (κ2) is 10.4. The summed E-state index contributed by atoms with van der Waals surface area (Å²) in [6, 6.07) is 9.04. The number of carbonyl (C=O) groups is 1. The number of nitrogens with zero attached hydrogens (tertiary/aromatic N) is 3. The SMILES string of the molecule is C[C@@H](C#N)NC(=O)[C@@H]1C[C@@H](F)CC[C@H]1c1nc(C(C)(C)C)oc1-c1ccc(N2CCS(=O)(=O)CC2)cc1. The van der Waals surface area contributed by atoms with E-state index in [2.05, 4.69) is 5.32 Å². The zero-order valence-electron chi connectivity index (χ0n) is 21.8. The minimum Gasteiger partial charge on any atom is -0.440 e. The Kier molecular flexibility index (Phi) is 7.65. The number of alkyl halides is 1. The van der Waals surface area contributed by atoms with Crippen LogP contribution in [-0.2, 0) is 20.0 Å². The number of oxazole rings is 1. The molecule has 0 unspecified atom stereocenters. The van der Waals surface area contributed by atoms with Gasteiger partial charge in [-0.05, 0) is 50.5 Å². The quantitative estimate of drug-likeness (QED) is 0.618. The van der Waals surface area contributed by atoms with Gasteiger partial charge in [0.05, 0.1) is 23.3 Å². The number of aromatic nitrogens is 1. The number of benzene rings is 1. The van der Waals surface area contributed by atoms with Crippen molar-refractivity contribution in [3.63, 3.8) is 0 Å². The maximum absolute atomic E-state index is 14.5. The van der Waals surface area contributed by atoms with Crippen molar-refractivity contribution in [1.82, 2.24) is 10.3 Å². The second-order valence-electron chi connectivity index (χ2n) is 11.2. The Morgan fingerprint density at radius 3 is 2.46 bits per heavy atom. The molecule has 1 amide bonds. The van der Waals surface area contributed by atoms with Crippen LogP contribution in [0.3, 0.4) is 0 Å². The first-order valence-corrected chi connectivity index (χ1v) is 14.6. The van der Waals surface area contributed by atoms with Gasteiger partial charge in [0.25, 0.3) is 0 Å². The summed E-state index contributed by atoms with van der Waals surface area (Å²) in [5.74, 6) is 0.0247. The first kappa shape index (κ1) is 27.1. The number of carbonyl (C=O) groups excluding carboxylic acids is 1. The van der Waals surface area contributed by atoms with E-state index in [4.69, 9.17) is 14.7 Å². The zero-order chi connectivity index (χ0) is 27.0. The highest BCUT2D eigenvalue weighted by atomic mass is 32.2. The molecule has 2 aliphatic rings. The molecule has 4 atom stereocenters. The van der Waals surface area contributed by atoms with Gasteiger partial charge in [-0.15, -0.1) is 0 Å². The molecule has 2 fully saturated rings. The van der Waals surface area contributed by atoms with Gasteiger partial charge < -0.3 is 14.6 Å². The smallest absolute Gasteiger partial charge is 0.224 e. The van der Waals surface area contributed by atoms with Gasteiger partial charge in [0.15, 0.2) is 15.6 Å². The molecule has 4 rings (SSSR count). The summed E-state index contributed by atoms with van der Waals surface area (Å²) >= 11 is 0. The number of nitrogens with one attached hydrogen (secondary N) is 1. The molecule has 2 aromatic rings. The van der Waals surface area contributed by atoms with Gasteiger partial charge in [-0.2, -0.15) is 5.26 Å². The fraction of sp³-hybridized carbons (Fsp3) is 0.593. The third-order valence-corrected chi connectivity index (χ3v) is 8.77. The van der Waals surface area contributed by atoms with Crippen LogP contribution in [0.4, 0.5) is 10.1 Å². The Hall–Kier alpha value is -2.93. The molecule has 1 aromatic carbocycles. The van der Waals surface area contributed by atoms with Crippen LogP contribution in [0.2, 0.25) is 0 Å². The predicted molar refractivity (Wildman–Crippen MR) is 140 cm³/mol.